The Kier molecular flexibility index (Phi) is 3.81. The lowest BCUT2D eigenvalue weighted by Gasteiger charge is -2.06. The molecule has 2 rings (SSSR count). The second kappa shape index (κ2) is 5.54. The molecule has 0 amide bonds. The summed E-state index contributed by atoms with van der Waals surface area (Å²) in [6.45, 7) is 0. The highest BCUT2D eigenvalue weighted by molar-refractivity contribution is 6.32. The van der Waals surface area contributed by atoms with Crippen LogP contribution in [0, 0.1) is 10.1 Å². The smallest absolute Gasteiger partial charge is 0.337 e. The van der Waals surface area contributed by atoms with Crippen molar-refractivity contribution in [2.24, 2.45) is 0 Å². The molecule has 0 atom stereocenters. The largest absolute Gasteiger partial charge is 0.478 e. The lowest BCUT2D eigenvalue weighted by atomic mass is 10.3. The molecular formula is C12H7ClN2O5. The van der Waals surface area contributed by atoms with Crippen molar-refractivity contribution in [3.63, 3.8) is 0 Å². The highest BCUT2D eigenvalue weighted by Gasteiger charge is 2.13. The number of hydrogen-bond donors (Lipinski definition) is 1. The molecule has 0 aliphatic carbocycles. The molecule has 1 heterocycles. The van der Waals surface area contributed by atoms with Crippen molar-refractivity contribution in [3.05, 3.63) is 57.4 Å². The Morgan fingerprint density at radius 2 is 2.05 bits per heavy atom. The lowest BCUT2D eigenvalue weighted by Crippen LogP contribution is -1.97. The minimum atomic E-state index is -1.13. The van der Waals surface area contributed by atoms with E-state index in [0.717, 1.165) is 0 Å². The second-order valence-corrected chi connectivity index (χ2v) is 4.09. The summed E-state index contributed by atoms with van der Waals surface area (Å²) in [5, 5.41) is 19.4. The van der Waals surface area contributed by atoms with Gasteiger partial charge in [-0.25, -0.2) is 4.79 Å². The molecule has 2 aromatic rings. The fourth-order valence-electron chi connectivity index (χ4n) is 1.43. The van der Waals surface area contributed by atoms with Gasteiger partial charge in [-0.15, -0.1) is 0 Å². The van der Waals surface area contributed by atoms with Crippen molar-refractivity contribution < 1.29 is 19.6 Å². The van der Waals surface area contributed by atoms with Crippen molar-refractivity contribution >= 4 is 23.3 Å². The van der Waals surface area contributed by atoms with E-state index in [4.69, 9.17) is 21.4 Å². The molecule has 1 aromatic carbocycles. The maximum Gasteiger partial charge on any atom is 0.337 e. The molecule has 8 heteroatoms. The number of rotatable bonds is 4. The Hall–Kier alpha value is -2.67. The van der Waals surface area contributed by atoms with Gasteiger partial charge in [0.1, 0.15) is 16.5 Å². The zero-order valence-electron chi connectivity index (χ0n) is 9.82. The average molecular weight is 295 g/mol. The van der Waals surface area contributed by atoms with E-state index in [-0.39, 0.29) is 27.8 Å². The molecule has 1 N–H and O–H groups in total. The molecule has 0 spiro atoms. The number of carboxylic acid groups (broad SMARTS) is 1. The summed E-state index contributed by atoms with van der Waals surface area (Å²) in [5.41, 5.74) is -0.271. The molecule has 0 aliphatic rings. The molecule has 0 aliphatic heterocycles. The van der Waals surface area contributed by atoms with Crippen molar-refractivity contribution in [1.82, 2.24) is 4.98 Å². The SMILES string of the molecule is O=C(O)c1cncc(Oc2ccc([N+](=O)[O-])c(Cl)c2)c1. The molecule has 1 aromatic heterocycles. The fraction of sp³-hybridized carbons (Fsp3) is 0. The third-order valence-electron chi connectivity index (χ3n) is 2.31. The van der Waals surface area contributed by atoms with Gasteiger partial charge in [-0.05, 0) is 12.1 Å². The highest BCUT2D eigenvalue weighted by Crippen LogP contribution is 2.30. The third kappa shape index (κ3) is 3.01. The second-order valence-electron chi connectivity index (χ2n) is 3.69. The average Bonchev–Trinajstić information content (AvgIpc) is 2.38. The van der Waals surface area contributed by atoms with Gasteiger partial charge in [0.25, 0.3) is 5.69 Å². The number of halogens is 1. The fourth-order valence-corrected chi connectivity index (χ4v) is 1.67. The Morgan fingerprint density at radius 1 is 1.30 bits per heavy atom. The predicted molar refractivity (Wildman–Crippen MR) is 69.4 cm³/mol. The van der Waals surface area contributed by atoms with Crippen LogP contribution < -0.4 is 4.74 Å². The Balaban J connectivity index is 2.26. The van der Waals surface area contributed by atoms with E-state index >= 15 is 0 Å². The molecule has 0 saturated carbocycles. The molecular weight excluding hydrogens is 288 g/mol. The molecule has 0 bridgehead atoms. The monoisotopic (exact) mass is 294 g/mol. The Bertz CT molecular complexity index is 689. The van der Waals surface area contributed by atoms with Gasteiger partial charge in [-0.1, -0.05) is 11.6 Å². The molecule has 0 saturated heterocycles. The van der Waals surface area contributed by atoms with Gasteiger partial charge < -0.3 is 9.84 Å². The van der Waals surface area contributed by atoms with Crippen LogP contribution in [0.3, 0.4) is 0 Å². The summed E-state index contributed by atoms with van der Waals surface area (Å²) < 4.78 is 5.35. The van der Waals surface area contributed by atoms with E-state index < -0.39 is 10.9 Å². The van der Waals surface area contributed by atoms with Gasteiger partial charge in [0, 0.05) is 18.3 Å². The van der Waals surface area contributed by atoms with Gasteiger partial charge in [0.15, 0.2) is 0 Å². The van der Waals surface area contributed by atoms with Gasteiger partial charge in [0.05, 0.1) is 16.7 Å². The number of aromatic carboxylic acids is 1. The minimum Gasteiger partial charge on any atom is -0.478 e. The molecule has 0 unspecified atom stereocenters. The van der Waals surface area contributed by atoms with E-state index in [1.165, 1.54) is 36.7 Å². The molecule has 0 fully saturated rings. The van der Waals surface area contributed by atoms with Crippen LogP contribution in [0.4, 0.5) is 5.69 Å². The van der Waals surface area contributed by atoms with Gasteiger partial charge in [-0.2, -0.15) is 0 Å². The van der Waals surface area contributed by atoms with Crippen molar-refractivity contribution in [1.29, 1.82) is 0 Å². The van der Waals surface area contributed by atoms with Crippen molar-refractivity contribution in [3.8, 4) is 11.5 Å². The van der Waals surface area contributed by atoms with E-state index in [9.17, 15) is 14.9 Å². The first kappa shape index (κ1) is 13.8. The number of aromatic nitrogens is 1. The number of carboxylic acids is 1. The van der Waals surface area contributed by atoms with Crippen LogP contribution in [0.15, 0.2) is 36.7 Å². The van der Waals surface area contributed by atoms with Gasteiger partial charge >= 0.3 is 5.97 Å². The quantitative estimate of drug-likeness (QED) is 0.686. The number of nitrogens with zero attached hydrogens (tertiary/aromatic N) is 2. The van der Waals surface area contributed by atoms with Crippen LogP contribution in [0.2, 0.25) is 5.02 Å². The molecule has 20 heavy (non-hydrogen) atoms. The third-order valence-corrected chi connectivity index (χ3v) is 2.61. The van der Waals surface area contributed by atoms with Crippen LogP contribution in [0.5, 0.6) is 11.5 Å². The van der Waals surface area contributed by atoms with Crippen LogP contribution in [0.25, 0.3) is 0 Å². The topological polar surface area (TPSA) is 103 Å². The number of hydrogen-bond acceptors (Lipinski definition) is 5. The lowest BCUT2D eigenvalue weighted by molar-refractivity contribution is -0.384. The van der Waals surface area contributed by atoms with Crippen LogP contribution in [0.1, 0.15) is 10.4 Å². The first-order valence-corrected chi connectivity index (χ1v) is 5.65. The normalized spacial score (nSPS) is 10.1. The Labute approximate surface area is 117 Å². The standard InChI is InChI=1S/C12H7ClN2O5/c13-10-4-8(1-2-11(10)15(18)19)20-9-3-7(12(16)17)5-14-6-9/h1-6H,(H,16,17). The highest BCUT2D eigenvalue weighted by atomic mass is 35.5. The first-order valence-electron chi connectivity index (χ1n) is 5.27. The number of pyridine rings is 1. The number of carbonyl (C=O) groups is 1. The summed E-state index contributed by atoms with van der Waals surface area (Å²) in [6.07, 6.45) is 2.50. The summed E-state index contributed by atoms with van der Waals surface area (Å²) in [5.74, 6) is -0.704. The van der Waals surface area contributed by atoms with Gasteiger partial charge in [-0.3, -0.25) is 15.1 Å². The van der Waals surface area contributed by atoms with E-state index in [2.05, 4.69) is 4.98 Å². The first-order chi connectivity index (χ1) is 9.47. The van der Waals surface area contributed by atoms with Crippen LogP contribution in [-0.4, -0.2) is 21.0 Å². The maximum absolute atomic E-state index is 10.8. The van der Waals surface area contributed by atoms with E-state index in [1.54, 1.807) is 0 Å². The van der Waals surface area contributed by atoms with Crippen molar-refractivity contribution in [2.45, 2.75) is 0 Å². The molecule has 7 nitrogen and oxygen atoms in total. The van der Waals surface area contributed by atoms with Crippen molar-refractivity contribution in [2.75, 3.05) is 0 Å². The number of ether oxygens (including phenoxy) is 1. The maximum atomic E-state index is 10.8. The summed E-state index contributed by atoms with van der Waals surface area (Å²) in [7, 11) is 0. The molecule has 102 valence electrons. The zero-order chi connectivity index (χ0) is 14.7. The van der Waals surface area contributed by atoms with Gasteiger partial charge in [0.2, 0.25) is 0 Å². The summed E-state index contributed by atoms with van der Waals surface area (Å²) in [4.78, 5) is 24.5. The van der Waals surface area contributed by atoms with E-state index in [0.29, 0.717) is 0 Å². The minimum absolute atomic E-state index is 0.0319. The number of nitro benzene ring substituents is 1. The zero-order valence-corrected chi connectivity index (χ0v) is 10.6. The van der Waals surface area contributed by atoms with Crippen LogP contribution >= 0.6 is 11.6 Å². The summed E-state index contributed by atoms with van der Waals surface area (Å²) in [6, 6.07) is 5.11. The van der Waals surface area contributed by atoms with E-state index in [1.807, 2.05) is 0 Å². The Morgan fingerprint density at radius 3 is 2.65 bits per heavy atom. The summed E-state index contributed by atoms with van der Waals surface area (Å²) >= 11 is 5.74. The number of benzene rings is 1. The number of nitro groups is 1. The van der Waals surface area contributed by atoms with Crippen LogP contribution in [-0.2, 0) is 0 Å². The predicted octanol–water partition coefficient (Wildman–Crippen LogP) is 3.13. The molecule has 0 radical (unpaired) electrons.